The summed E-state index contributed by atoms with van der Waals surface area (Å²) in [5.74, 6) is 2.20. The molecule has 24 heavy (non-hydrogen) atoms. The number of carbonyl (C=O) groups is 1. The van der Waals surface area contributed by atoms with Crippen molar-refractivity contribution in [1.82, 2.24) is 24.7 Å². The average Bonchev–Trinajstić information content (AvgIpc) is 2.99. The number of piperazine rings is 1. The molecule has 134 valence electrons. The molecule has 1 saturated heterocycles. The van der Waals surface area contributed by atoms with Crippen molar-refractivity contribution in [3.63, 3.8) is 0 Å². The van der Waals surface area contributed by atoms with Crippen LogP contribution in [0.5, 0.6) is 0 Å². The first-order chi connectivity index (χ1) is 11.6. The molecule has 0 saturated carbocycles. The van der Waals surface area contributed by atoms with Crippen molar-refractivity contribution in [2.24, 2.45) is 4.99 Å². The number of hydrogen-bond acceptors (Lipinski definition) is 3. The zero-order chi connectivity index (χ0) is 17.4. The van der Waals surface area contributed by atoms with Gasteiger partial charge in [-0.3, -0.25) is 9.79 Å². The molecule has 2 rings (SSSR count). The second-order valence-electron chi connectivity index (χ2n) is 6.10. The van der Waals surface area contributed by atoms with E-state index in [2.05, 4.69) is 26.7 Å². The number of imidazole rings is 1. The van der Waals surface area contributed by atoms with Gasteiger partial charge >= 0.3 is 0 Å². The summed E-state index contributed by atoms with van der Waals surface area (Å²) in [5.41, 5.74) is 0. The van der Waals surface area contributed by atoms with Crippen LogP contribution in [0.25, 0.3) is 0 Å². The molecule has 1 N–H and O–H groups in total. The zero-order valence-corrected chi connectivity index (χ0v) is 15.2. The van der Waals surface area contributed by atoms with E-state index in [1.165, 1.54) is 0 Å². The maximum atomic E-state index is 11.4. The predicted octanol–water partition coefficient (Wildman–Crippen LogP) is 1.10. The fourth-order valence-electron chi connectivity index (χ4n) is 2.88. The van der Waals surface area contributed by atoms with Crippen molar-refractivity contribution in [3.8, 4) is 0 Å². The number of guanidine groups is 1. The highest BCUT2D eigenvalue weighted by atomic mass is 16.2. The predicted molar refractivity (Wildman–Crippen MR) is 96.0 cm³/mol. The number of aromatic nitrogens is 2. The summed E-state index contributed by atoms with van der Waals surface area (Å²) in [6.45, 7) is 11.7. The molecular weight excluding hydrogens is 304 g/mol. The monoisotopic (exact) mass is 334 g/mol. The molecule has 0 unspecified atom stereocenters. The summed E-state index contributed by atoms with van der Waals surface area (Å²) in [4.78, 5) is 24.6. The van der Waals surface area contributed by atoms with Gasteiger partial charge in [0.25, 0.3) is 0 Å². The highest BCUT2D eigenvalue weighted by Crippen LogP contribution is 2.04. The molecule has 1 aromatic rings. The van der Waals surface area contributed by atoms with Crippen LogP contribution in [0.2, 0.25) is 0 Å². The summed E-state index contributed by atoms with van der Waals surface area (Å²) in [5, 5.41) is 3.37. The normalized spacial score (nSPS) is 15.7. The van der Waals surface area contributed by atoms with E-state index in [0.29, 0.717) is 0 Å². The molecule has 0 aliphatic carbocycles. The van der Waals surface area contributed by atoms with E-state index in [1.807, 2.05) is 24.2 Å². The molecule has 0 radical (unpaired) electrons. The van der Waals surface area contributed by atoms with Crippen LogP contribution in [0, 0.1) is 6.92 Å². The summed E-state index contributed by atoms with van der Waals surface area (Å²) in [6, 6.07) is 0. The van der Waals surface area contributed by atoms with Crippen LogP contribution in [0.3, 0.4) is 0 Å². The van der Waals surface area contributed by atoms with Gasteiger partial charge in [0.2, 0.25) is 5.91 Å². The Hall–Kier alpha value is -2.05. The van der Waals surface area contributed by atoms with Gasteiger partial charge in [-0.2, -0.15) is 0 Å². The molecule has 0 spiro atoms. The lowest BCUT2D eigenvalue weighted by molar-refractivity contribution is -0.130. The van der Waals surface area contributed by atoms with Gasteiger partial charge < -0.3 is 19.7 Å². The highest BCUT2D eigenvalue weighted by Gasteiger charge is 2.20. The smallest absolute Gasteiger partial charge is 0.219 e. The summed E-state index contributed by atoms with van der Waals surface area (Å²) in [6.07, 6.45) is 6.02. The van der Waals surface area contributed by atoms with Crippen LogP contribution < -0.4 is 5.32 Å². The Balaban J connectivity index is 1.76. The second kappa shape index (κ2) is 9.30. The number of nitrogens with zero attached hydrogens (tertiary/aromatic N) is 5. The van der Waals surface area contributed by atoms with Crippen molar-refractivity contribution in [1.29, 1.82) is 0 Å². The topological polar surface area (TPSA) is 65.8 Å². The molecule has 1 aliphatic rings. The SMILES string of the molecule is CCNC(=NCCCCn1ccnc1C)N1CCN(C(C)=O)CC1. The first-order valence-corrected chi connectivity index (χ1v) is 8.88. The molecule has 0 atom stereocenters. The van der Waals surface area contributed by atoms with Crippen molar-refractivity contribution in [3.05, 3.63) is 18.2 Å². The van der Waals surface area contributed by atoms with E-state index >= 15 is 0 Å². The lowest BCUT2D eigenvalue weighted by atomic mass is 10.3. The molecule has 0 aromatic carbocycles. The van der Waals surface area contributed by atoms with Gasteiger partial charge in [-0.05, 0) is 26.7 Å². The van der Waals surface area contributed by atoms with E-state index in [-0.39, 0.29) is 5.91 Å². The van der Waals surface area contributed by atoms with Gasteiger partial charge in [-0.25, -0.2) is 4.98 Å². The van der Waals surface area contributed by atoms with E-state index in [4.69, 9.17) is 4.99 Å². The van der Waals surface area contributed by atoms with E-state index in [9.17, 15) is 4.79 Å². The Bertz CT molecular complexity index is 545. The maximum Gasteiger partial charge on any atom is 0.219 e. The Morgan fingerprint density at radius 3 is 2.54 bits per heavy atom. The van der Waals surface area contributed by atoms with E-state index in [1.54, 1.807) is 6.92 Å². The summed E-state index contributed by atoms with van der Waals surface area (Å²) < 4.78 is 2.18. The lowest BCUT2D eigenvalue weighted by Crippen LogP contribution is -2.53. The molecule has 1 aliphatic heterocycles. The first-order valence-electron chi connectivity index (χ1n) is 8.88. The number of unbranched alkanes of at least 4 members (excludes halogenated alkanes) is 1. The number of carbonyl (C=O) groups excluding carboxylic acids is 1. The highest BCUT2D eigenvalue weighted by molar-refractivity contribution is 5.80. The average molecular weight is 334 g/mol. The largest absolute Gasteiger partial charge is 0.357 e. The summed E-state index contributed by atoms with van der Waals surface area (Å²) in [7, 11) is 0. The third kappa shape index (κ3) is 5.25. The van der Waals surface area contributed by atoms with Crippen LogP contribution in [-0.4, -0.2) is 70.5 Å². The van der Waals surface area contributed by atoms with Gasteiger partial charge in [0, 0.05) is 65.1 Å². The number of aryl methyl sites for hydroxylation is 2. The maximum absolute atomic E-state index is 11.4. The van der Waals surface area contributed by atoms with Gasteiger partial charge in [-0.15, -0.1) is 0 Å². The molecule has 7 nitrogen and oxygen atoms in total. The Morgan fingerprint density at radius 1 is 1.25 bits per heavy atom. The first kappa shape index (κ1) is 18.3. The minimum atomic E-state index is 0.159. The molecule has 7 heteroatoms. The number of hydrogen-bond donors (Lipinski definition) is 1. The number of rotatable bonds is 6. The third-order valence-corrected chi connectivity index (χ3v) is 4.35. The van der Waals surface area contributed by atoms with E-state index < -0.39 is 0 Å². The van der Waals surface area contributed by atoms with Gasteiger partial charge in [0.1, 0.15) is 5.82 Å². The standard InChI is InChI=1S/C17H30N6O/c1-4-18-17(23-13-11-22(12-14-23)16(3)24)20-7-5-6-9-21-10-8-19-15(21)2/h8,10H,4-7,9,11-14H2,1-3H3,(H,18,20). The Kier molecular flexibility index (Phi) is 7.08. The lowest BCUT2D eigenvalue weighted by Gasteiger charge is -2.36. The number of nitrogens with one attached hydrogen (secondary N) is 1. The zero-order valence-electron chi connectivity index (χ0n) is 15.2. The molecule has 0 bridgehead atoms. The van der Waals surface area contributed by atoms with Crippen LogP contribution in [0.15, 0.2) is 17.4 Å². The molecule has 2 heterocycles. The fraction of sp³-hybridized carbons (Fsp3) is 0.706. The van der Waals surface area contributed by atoms with Crippen LogP contribution in [0.4, 0.5) is 0 Å². The van der Waals surface area contributed by atoms with Crippen LogP contribution in [-0.2, 0) is 11.3 Å². The van der Waals surface area contributed by atoms with Crippen molar-refractivity contribution in [2.75, 3.05) is 39.3 Å². The molecule has 1 fully saturated rings. The van der Waals surface area contributed by atoms with E-state index in [0.717, 1.165) is 70.4 Å². The van der Waals surface area contributed by atoms with Crippen molar-refractivity contribution < 1.29 is 4.79 Å². The molecular formula is C17H30N6O. The van der Waals surface area contributed by atoms with Gasteiger partial charge in [0.15, 0.2) is 5.96 Å². The Morgan fingerprint density at radius 2 is 1.96 bits per heavy atom. The number of aliphatic imine (C=N–C) groups is 1. The van der Waals surface area contributed by atoms with Crippen LogP contribution in [0.1, 0.15) is 32.5 Å². The quantitative estimate of drug-likeness (QED) is 0.481. The third-order valence-electron chi connectivity index (χ3n) is 4.35. The fourth-order valence-corrected chi connectivity index (χ4v) is 2.88. The molecule has 1 amide bonds. The van der Waals surface area contributed by atoms with Crippen LogP contribution >= 0.6 is 0 Å². The second-order valence-corrected chi connectivity index (χ2v) is 6.10. The minimum Gasteiger partial charge on any atom is -0.357 e. The molecule has 1 aromatic heterocycles. The van der Waals surface area contributed by atoms with Gasteiger partial charge in [0.05, 0.1) is 0 Å². The van der Waals surface area contributed by atoms with Crippen molar-refractivity contribution in [2.45, 2.75) is 40.2 Å². The van der Waals surface area contributed by atoms with Gasteiger partial charge in [-0.1, -0.05) is 0 Å². The Labute approximate surface area is 144 Å². The minimum absolute atomic E-state index is 0.159. The number of amides is 1. The van der Waals surface area contributed by atoms with Crippen molar-refractivity contribution >= 4 is 11.9 Å². The summed E-state index contributed by atoms with van der Waals surface area (Å²) >= 11 is 0.